The fraction of sp³-hybridized carbons (Fsp3) is 0. The highest BCUT2D eigenvalue weighted by Crippen LogP contribution is 2.19. The largest absolute Gasteiger partial charge is 0.478 e. The topological polar surface area (TPSA) is 105 Å². The highest BCUT2D eigenvalue weighted by molar-refractivity contribution is 7.82. The predicted octanol–water partition coefficient (Wildman–Crippen LogP) is -0.183. The van der Waals surface area contributed by atoms with E-state index in [2.05, 4.69) is 8.57 Å². The van der Waals surface area contributed by atoms with Crippen LogP contribution in [0.5, 0.6) is 0 Å². The van der Waals surface area contributed by atoms with Crippen molar-refractivity contribution < 1.29 is 26.9 Å². The van der Waals surface area contributed by atoms with E-state index in [9.17, 15) is 13.2 Å². The van der Waals surface area contributed by atoms with Gasteiger partial charge in [0.2, 0.25) is 0 Å². The van der Waals surface area contributed by atoms with Crippen molar-refractivity contribution in [2.75, 3.05) is 5.17 Å². The summed E-state index contributed by atoms with van der Waals surface area (Å²) in [5.41, 5.74) is 2.35. The Morgan fingerprint density at radius 2 is 1.94 bits per heavy atom. The van der Waals surface area contributed by atoms with E-state index in [1.165, 1.54) is 24.3 Å². The van der Waals surface area contributed by atoms with Gasteiger partial charge in [0.25, 0.3) is 0 Å². The second-order valence-electron chi connectivity index (χ2n) is 2.80. The Balaban J connectivity index is 2.20. The van der Waals surface area contributed by atoms with Crippen molar-refractivity contribution in [3.63, 3.8) is 0 Å². The first-order valence-corrected chi connectivity index (χ1v) is 5.33. The van der Waals surface area contributed by atoms with Gasteiger partial charge in [-0.05, 0) is 24.3 Å². The van der Waals surface area contributed by atoms with E-state index in [1.54, 1.807) is 0 Å². The first-order chi connectivity index (χ1) is 7.48. The van der Waals surface area contributed by atoms with Gasteiger partial charge in [0.05, 0.1) is 11.3 Å². The maximum atomic E-state index is 10.7. The van der Waals surface area contributed by atoms with Crippen molar-refractivity contribution in [3.8, 4) is 0 Å². The van der Waals surface area contributed by atoms with Gasteiger partial charge in [0.15, 0.2) is 0 Å². The molecule has 8 nitrogen and oxygen atoms in total. The summed E-state index contributed by atoms with van der Waals surface area (Å²) in [6, 6.07) is 5.32. The summed E-state index contributed by atoms with van der Waals surface area (Å²) in [6.07, 6.45) is 0. The van der Waals surface area contributed by atoms with Crippen LogP contribution in [0, 0.1) is 0 Å². The van der Waals surface area contributed by atoms with E-state index in [0.29, 0.717) is 0 Å². The van der Waals surface area contributed by atoms with E-state index < -0.39 is 16.4 Å². The van der Waals surface area contributed by atoms with Crippen molar-refractivity contribution in [2.24, 2.45) is 0 Å². The number of rotatable bonds is 2. The van der Waals surface area contributed by atoms with Crippen LogP contribution < -0.4 is 10.8 Å². The summed E-state index contributed by atoms with van der Waals surface area (Å²) in [6.45, 7) is 0. The van der Waals surface area contributed by atoms with Gasteiger partial charge in [-0.3, -0.25) is 0 Å². The number of carboxylic acid groups (broad SMARTS) is 1. The molecule has 1 aromatic rings. The molecule has 0 bridgehead atoms. The quantitative estimate of drug-likeness (QED) is 0.740. The summed E-state index contributed by atoms with van der Waals surface area (Å²) < 4.78 is 29.9. The first-order valence-electron chi connectivity index (χ1n) is 4.00. The number of hydrazine groups is 1. The molecule has 0 saturated carbocycles. The Kier molecular flexibility index (Phi) is 2.52. The molecular formula is C7H6N2O6S. The van der Waals surface area contributed by atoms with Crippen LogP contribution in [0.4, 0.5) is 5.69 Å². The van der Waals surface area contributed by atoms with Gasteiger partial charge in [-0.25, -0.2) is 4.79 Å². The molecule has 2 rings (SSSR count). The summed E-state index contributed by atoms with van der Waals surface area (Å²) in [5.74, 6) is -1.08. The lowest BCUT2D eigenvalue weighted by Crippen LogP contribution is -2.28. The number of carboxylic acids is 1. The molecule has 0 atom stereocenters. The van der Waals surface area contributed by atoms with Crippen LogP contribution in [0.25, 0.3) is 0 Å². The molecule has 16 heavy (non-hydrogen) atoms. The minimum absolute atomic E-state index is 0.0757. The lowest BCUT2D eigenvalue weighted by molar-refractivity contribution is 0.0697. The monoisotopic (exact) mass is 246 g/mol. The number of aromatic carboxylic acids is 1. The van der Waals surface area contributed by atoms with Crippen LogP contribution in [0.15, 0.2) is 24.3 Å². The zero-order valence-electron chi connectivity index (χ0n) is 7.65. The Hall–Kier alpha value is -1.68. The molecular weight excluding hydrogens is 240 g/mol. The normalized spacial score (nSPS) is 18.6. The third kappa shape index (κ3) is 2.12. The molecule has 0 unspecified atom stereocenters. The van der Waals surface area contributed by atoms with Gasteiger partial charge < -0.3 is 5.11 Å². The number of carbonyl (C=O) groups is 1. The number of nitrogens with one attached hydrogen (secondary N) is 1. The van der Waals surface area contributed by atoms with E-state index >= 15 is 0 Å². The van der Waals surface area contributed by atoms with Gasteiger partial charge in [-0.2, -0.15) is 8.42 Å². The Labute approximate surface area is 90.2 Å². The van der Waals surface area contributed by atoms with Crippen LogP contribution in [-0.2, 0) is 19.0 Å². The van der Waals surface area contributed by atoms with Crippen LogP contribution in [0.3, 0.4) is 0 Å². The molecule has 86 valence electrons. The Morgan fingerprint density at radius 1 is 1.31 bits per heavy atom. The van der Waals surface area contributed by atoms with E-state index in [-0.39, 0.29) is 11.3 Å². The molecule has 1 saturated heterocycles. The molecule has 1 aromatic carbocycles. The number of hydrogen-bond donors (Lipinski definition) is 2. The minimum Gasteiger partial charge on any atom is -0.478 e. The van der Waals surface area contributed by atoms with Gasteiger partial charge >= 0.3 is 16.4 Å². The molecule has 1 fully saturated rings. The molecule has 1 aliphatic rings. The summed E-state index contributed by atoms with van der Waals surface area (Å²) in [5, 5.41) is 9.39. The highest BCUT2D eigenvalue weighted by Gasteiger charge is 2.28. The van der Waals surface area contributed by atoms with Crippen LogP contribution in [0.2, 0.25) is 0 Å². The predicted molar refractivity (Wildman–Crippen MR) is 50.1 cm³/mol. The Bertz CT molecular complexity index is 510. The number of nitrogens with zero attached hydrogens (tertiary/aromatic N) is 1. The van der Waals surface area contributed by atoms with E-state index in [0.717, 1.165) is 5.17 Å². The van der Waals surface area contributed by atoms with Crippen LogP contribution in [-0.4, -0.2) is 19.5 Å². The first kappa shape index (κ1) is 10.8. The smallest absolute Gasteiger partial charge is 0.440 e. The molecule has 2 N–H and O–H groups in total. The average molecular weight is 246 g/mol. The minimum atomic E-state index is -4.07. The average Bonchev–Trinajstić information content (AvgIpc) is 2.59. The van der Waals surface area contributed by atoms with Gasteiger partial charge in [0.1, 0.15) is 0 Å². The zero-order valence-corrected chi connectivity index (χ0v) is 8.47. The van der Waals surface area contributed by atoms with Gasteiger partial charge in [-0.1, -0.05) is 5.59 Å². The van der Waals surface area contributed by atoms with E-state index in [4.69, 9.17) is 5.11 Å². The van der Waals surface area contributed by atoms with Crippen LogP contribution in [0.1, 0.15) is 10.4 Å². The molecule has 1 heterocycles. The third-order valence-electron chi connectivity index (χ3n) is 1.74. The molecule has 1 aliphatic heterocycles. The lowest BCUT2D eigenvalue weighted by Gasteiger charge is -2.10. The van der Waals surface area contributed by atoms with Crippen molar-refractivity contribution in [1.29, 1.82) is 0 Å². The molecule has 0 radical (unpaired) electrons. The SMILES string of the molecule is O=C(O)c1ccc(N2NOS(=O)(=O)O2)cc1. The maximum absolute atomic E-state index is 10.7. The lowest BCUT2D eigenvalue weighted by atomic mass is 10.2. The molecule has 0 aromatic heterocycles. The number of benzene rings is 1. The molecule has 0 amide bonds. The van der Waals surface area contributed by atoms with E-state index in [1.807, 2.05) is 5.59 Å². The number of hydrogen-bond acceptors (Lipinski definition) is 7. The maximum Gasteiger partial charge on any atom is 0.440 e. The van der Waals surface area contributed by atoms with Crippen molar-refractivity contribution in [1.82, 2.24) is 5.59 Å². The van der Waals surface area contributed by atoms with Crippen molar-refractivity contribution in [3.05, 3.63) is 29.8 Å². The van der Waals surface area contributed by atoms with Crippen LogP contribution >= 0.6 is 0 Å². The van der Waals surface area contributed by atoms with Crippen molar-refractivity contribution >= 4 is 22.1 Å². The second kappa shape index (κ2) is 3.72. The van der Waals surface area contributed by atoms with Gasteiger partial charge in [-0.15, -0.1) is 13.7 Å². The fourth-order valence-corrected chi connectivity index (χ4v) is 1.52. The van der Waals surface area contributed by atoms with Crippen molar-refractivity contribution in [2.45, 2.75) is 0 Å². The molecule has 0 aliphatic carbocycles. The number of anilines is 1. The second-order valence-corrected chi connectivity index (χ2v) is 3.94. The molecule has 0 spiro atoms. The summed E-state index contributed by atoms with van der Waals surface area (Å²) in [4.78, 5) is 10.6. The summed E-state index contributed by atoms with van der Waals surface area (Å²) in [7, 11) is -4.07. The third-order valence-corrected chi connectivity index (χ3v) is 2.35. The highest BCUT2D eigenvalue weighted by atomic mass is 32.3. The zero-order chi connectivity index (χ0) is 11.8. The molecule has 9 heteroatoms. The standard InChI is InChI=1S/C7H6N2O6S/c10-7(11)5-1-3-6(4-2-5)9-8-14-16(12,13)15-9/h1-4,8H,(H,10,11). The Morgan fingerprint density at radius 3 is 2.38 bits per heavy atom. The van der Waals surface area contributed by atoms with Gasteiger partial charge in [0, 0.05) is 0 Å². The summed E-state index contributed by atoms with van der Waals surface area (Å²) >= 11 is 0. The fourth-order valence-electron chi connectivity index (χ4n) is 1.04.